The van der Waals surface area contributed by atoms with Crippen LogP contribution < -0.4 is 0 Å². The molecule has 2 aliphatic rings. The van der Waals surface area contributed by atoms with E-state index in [0.29, 0.717) is 43.9 Å². The molecule has 0 radical (unpaired) electrons. The van der Waals surface area contributed by atoms with Crippen LogP contribution in [0.2, 0.25) is 5.02 Å². The van der Waals surface area contributed by atoms with Crippen LogP contribution in [0, 0.1) is 5.92 Å². The lowest BCUT2D eigenvalue weighted by molar-refractivity contribution is -0.0366. The van der Waals surface area contributed by atoms with E-state index in [9.17, 15) is 4.79 Å². The minimum atomic E-state index is -0.482. The third kappa shape index (κ3) is 7.13. The van der Waals surface area contributed by atoms with Gasteiger partial charge in [0.15, 0.2) is 6.23 Å². The van der Waals surface area contributed by atoms with Crippen LogP contribution in [0.5, 0.6) is 0 Å². The minimum Gasteiger partial charge on any atom is -0.444 e. The summed E-state index contributed by atoms with van der Waals surface area (Å²) in [7, 11) is 0. The molecule has 0 N–H and O–H groups in total. The summed E-state index contributed by atoms with van der Waals surface area (Å²) in [6.07, 6.45) is 6.76. The van der Waals surface area contributed by atoms with Crippen LogP contribution in [0.25, 0.3) is 10.9 Å². The molecule has 2 aromatic rings. The number of hydrogen-bond acceptors (Lipinski definition) is 6. The van der Waals surface area contributed by atoms with Gasteiger partial charge in [-0.05, 0) is 74.9 Å². The Bertz CT molecular complexity index is 1030. The smallest absolute Gasteiger partial charge is 0.410 e. The Kier molecular flexibility index (Phi) is 9.55. The molecule has 1 unspecified atom stereocenters. The molecule has 1 amide bonds. The Hall–Kier alpha value is -1.39. The van der Waals surface area contributed by atoms with Gasteiger partial charge in [-0.3, -0.25) is 0 Å². The molecule has 0 spiro atoms. The average Bonchev–Trinajstić information content (AvgIpc) is 3.26. The second-order valence-electron chi connectivity index (χ2n) is 10.6. The highest BCUT2D eigenvalue weighted by Crippen LogP contribution is 2.36. The molecular formula is C26H37BrClN3O5. The maximum atomic E-state index is 12.3. The normalized spacial score (nSPS) is 21.2. The van der Waals surface area contributed by atoms with Crippen molar-refractivity contribution in [1.82, 2.24) is 14.7 Å². The molecule has 1 aromatic carbocycles. The zero-order chi connectivity index (χ0) is 25.7. The summed E-state index contributed by atoms with van der Waals surface area (Å²) < 4.78 is 26.0. The first-order valence-corrected chi connectivity index (χ1v) is 14.0. The van der Waals surface area contributed by atoms with E-state index in [2.05, 4.69) is 21.0 Å². The van der Waals surface area contributed by atoms with Crippen molar-refractivity contribution >= 4 is 44.5 Å². The van der Waals surface area contributed by atoms with E-state index < -0.39 is 5.60 Å². The fourth-order valence-electron chi connectivity index (χ4n) is 4.67. The molecule has 4 rings (SSSR count). The molecule has 0 saturated carbocycles. The van der Waals surface area contributed by atoms with Gasteiger partial charge in [0.2, 0.25) is 0 Å². The van der Waals surface area contributed by atoms with E-state index in [4.69, 9.17) is 30.5 Å². The number of rotatable bonds is 8. The number of likely N-dealkylation sites (tertiary alicyclic amines) is 1. The molecule has 3 heterocycles. The zero-order valence-electron chi connectivity index (χ0n) is 21.4. The lowest BCUT2D eigenvalue weighted by atomic mass is 9.99. The zero-order valence-corrected chi connectivity index (χ0v) is 23.8. The summed E-state index contributed by atoms with van der Waals surface area (Å²) in [4.78, 5) is 14.1. The van der Waals surface area contributed by atoms with Crippen molar-refractivity contribution in [1.29, 1.82) is 0 Å². The van der Waals surface area contributed by atoms with E-state index in [1.165, 1.54) is 0 Å². The molecular weight excluding hydrogens is 550 g/mol. The fourth-order valence-corrected chi connectivity index (χ4v) is 5.67. The van der Waals surface area contributed by atoms with Crippen LogP contribution in [0.15, 0.2) is 16.7 Å². The van der Waals surface area contributed by atoms with E-state index in [1.54, 1.807) is 4.90 Å². The lowest BCUT2D eigenvalue weighted by Crippen LogP contribution is -2.43. The van der Waals surface area contributed by atoms with E-state index >= 15 is 0 Å². The number of fused-ring (bicyclic) bond motifs is 1. The molecule has 2 fully saturated rings. The number of carbonyl (C=O) groups is 1. The number of amides is 1. The van der Waals surface area contributed by atoms with Gasteiger partial charge >= 0.3 is 6.09 Å². The van der Waals surface area contributed by atoms with Crippen LogP contribution in [0.1, 0.15) is 64.7 Å². The lowest BCUT2D eigenvalue weighted by Gasteiger charge is -2.34. The molecule has 200 valence electrons. The van der Waals surface area contributed by atoms with Gasteiger partial charge in [-0.1, -0.05) is 11.6 Å². The van der Waals surface area contributed by atoms with E-state index in [1.807, 2.05) is 37.7 Å². The van der Waals surface area contributed by atoms with Crippen LogP contribution in [0.4, 0.5) is 4.79 Å². The predicted octanol–water partition coefficient (Wildman–Crippen LogP) is 6.33. The van der Waals surface area contributed by atoms with Crippen molar-refractivity contribution in [2.75, 3.05) is 39.5 Å². The molecule has 2 saturated heterocycles. The topological polar surface area (TPSA) is 75.0 Å². The van der Waals surface area contributed by atoms with Gasteiger partial charge in [-0.2, -0.15) is 5.10 Å². The molecule has 36 heavy (non-hydrogen) atoms. The van der Waals surface area contributed by atoms with Crippen molar-refractivity contribution in [3.63, 3.8) is 0 Å². The maximum absolute atomic E-state index is 12.3. The largest absolute Gasteiger partial charge is 0.444 e. The van der Waals surface area contributed by atoms with Crippen molar-refractivity contribution in [3.8, 4) is 0 Å². The number of halogens is 2. The number of hydrogen-bond donors (Lipinski definition) is 0. The van der Waals surface area contributed by atoms with E-state index in [-0.39, 0.29) is 12.3 Å². The Labute approximate surface area is 226 Å². The van der Waals surface area contributed by atoms with Crippen LogP contribution in [-0.2, 0) is 25.6 Å². The van der Waals surface area contributed by atoms with Gasteiger partial charge in [-0.25, -0.2) is 9.48 Å². The summed E-state index contributed by atoms with van der Waals surface area (Å²) in [5, 5.41) is 6.20. The van der Waals surface area contributed by atoms with Gasteiger partial charge in [0.25, 0.3) is 0 Å². The summed E-state index contributed by atoms with van der Waals surface area (Å²) in [5.74, 6) is 0.307. The van der Waals surface area contributed by atoms with Crippen molar-refractivity contribution in [3.05, 3.63) is 27.3 Å². The summed E-state index contributed by atoms with van der Waals surface area (Å²) in [6, 6.07) is 1.95. The second-order valence-corrected chi connectivity index (χ2v) is 11.8. The number of benzene rings is 1. The van der Waals surface area contributed by atoms with Crippen molar-refractivity contribution in [2.45, 2.75) is 71.3 Å². The van der Waals surface area contributed by atoms with Crippen LogP contribution in [-0.4, -0.2) is 65.9 Å². The van der Waals surface area contributed by atoms with Crippen LogP contribution >= 0.6 is 27.5 Å². The predicted molar refractivity (Wildman–Crippen MR) is 142 cm³/mol. The Morgan fingerprint density at radius 3 is 2.78 bits per heavy atom. The van der Waals surface area contributed by atoms with Gasteiger partial charge in [-0.15, -0.1) is 0 Å². The first-order chi connectivity index (χ1) is 17.2. The second kappa shape index (κ2) is 12.4. The van der Waals surface area contributed by atoms with Gasteiger partial charge < -0.3 is 23.8 Å². The highest BCUT2D eigenvalue weighted by Gasteiger charge is 2.27. The van der Waals surface area contributed by atoms with Crippen molar-refractivity contribution < 1.29 is 23.7 Å². The summed E-state index contributed by atoms with van der Waals surface area (Å²) in [6.45, 7) is 9.74. The number of carbonyl (C=O) groups excluding carboxylic acids is 1. The third-order valence-electron chi connectivity index (χ3n) is 6.46. The monoisotopic (exact) mass is 585 g/mol. The third-order valence-corrected chi connectivity index (χ3v) is 7.70. The maximum Gasteiger partial charge on any atom is 0.410 e. The van der Waals surface area contributed by atoms with Gasteiger partial charge in [0, 0.05) is 46.1 Å². The first-order valence-electron chi connectivity index (χ1n) is 12.8. The van der Waals surface area contributed by atoms with Gasteiger partial charge in [0.1, 0.15) is 5.60 Å². The molecule has 0 aliphatic carbocycles. The number of piperidine rings is 1. The van der Waals surface area contributed by atoms with Crippen molar-refractivity contribution in [2.24, 2.45) is 5.92 Å². The van der Waals surface area contributed by atoms with Crippen LogP contribution in [0.3, 0.4) is 0 Å². The minimum absolute atomic E-state index is 0.0427. The Balaban J connectivity index is 1.22. The molecule has 2 aliphatic heterocycles. The Morgan fingerprint density at radius 1 is 1.22 bits per heavy atom. The summed E-state index contributed by atoms with van der Waals surface area (Å²) >= 11 is 10.3. The number of aromatic nitrogens is 2. The highest BCUT2D eigenvalue weighted by molar-refractivity contribution is 9.10. The standard InChI is InChI=1S/C26H37BrClN3O5/c1-26(2,3)36-25(32)30-9-6-7-18(15-30)16-33-11-12-34-17-20-21(28)13-22-19(24(20)27)14-29-31(22)23-8-4-5-10-35-23/h13-14,18,23H,4-12,15-17H2,1-3H3/t18-,23?/m1/s1. The van der Waals surface area contributed by atoms with Gasteiger partial charge in [0.05, 0.1) is 38.1 Å². The molecule has 8 nitrogen and oxygen atoms in total. The molecule has 0 bridgehead atoms. The fraction of sp³-hybridized carbons (Fsp3) is 0.692. The Morgan fingerprint density at radius 2 is 2.03 bits per heavy atom. The highest BCUT2D eigenvalue weighted by atomic mass is 79.9. The quantitative estimate of drug-likeness (QED) is 0.337. The number of ether oxygens (including phenoxy) is 4. The molecule has 2 atom stereocenters. The number of nitrogens with zero attached hydrogens (tertiary/aromatic N) is 3. The first kappa shape index (κ1) is 27.6. The summed E-state index contributed by atoms with van der Waals surface area (Å²) in [5.41, 5.74) is 1.37. The average molecular weight is 587 g/mol. The SMILES string of the molecule is CC(C)(C)OC(=O)N1CCC[C@@H](COCCOCc2c(Cl)cc3c(cnn3C3CCCCO3)c2Br)C1. The molecule has 10 heteroatoms. The molecule has 1 aromatic heterocycles. The van der Waals surface area contributed by atoms with E-state index in [0.717, 1.165) is 66.2 Å².